The molecule has 0 unspecified atom stereocenters. The van der Waals surface area contributed by atoms with E-state index in [0.717, 1.165) is 34.6 Å². The third-order valence-electron chi connectivity index (χ3n) is 3.36. The summed E-state index contributed by atoms with van der Waals surface area (Å²) in [5.74, 6) is 1.10. The van der Waals surface area contributed by atoms with Gasteiger partial charge in [-0.15, -0.1) is 0 Å². The maximum atomic E-state index is 12.6. The van der Waals surface area contributed by atoms with Crippen LogP contribution in [0, 0.1) is 0 Å². The zero-order valence-electron chi connectivity index (χ0n) is 11.5. The Morgan fingerprint density at radius 3 is 3.00 bits per heavy atom. The summed E-state index contributed by atoms with van der Waals surface area (Å²) in [7, 11) is 0. The number of thiazole rings is 1. The van der Waals surface area contributed by atoms with Crippen LogP contribution in [0.3, 0.4) is 0 Å². The fourth-order valence-electron chi connectivity index (χ4n) is 2.45. The number of anilines is 1. The number of aromatic nitrogens is 1. The summed E-state index contributed by atoms with van der Waals surface area (Å²) in [6.45, 7) is 5.98. The molecule has 2 heterocycles. The average Bonchev–Trinajstić information content (AvgIpc) is 2.75. The summed E-state index contributed by atoms with van der Waals surface area (Å²) in [4.78, 5) is 18.8. The summed E-state index contributed by atoms with van der Waals surface area (Å²) >= 11 is 3.35. The minimum absolute atomic E-state index is 0.104. The number of fused-ring (bicyclic) bond motifs is 1. The number of hydrogen-bond donors (Lipinski definition) is 1. The van der Waals surface area contributed by atoms with Gasteiger partial charge in [-0.1, -0.05) is 11.3 Å². The van der Waals surface area contributed by atoms with Crippen LogP contribution in [0.4, 0.5) is 5.13 Å². The van der Waals surface area contributed by atoms with Crippen molar-refractivity contribution in [3.8, 4) is 0 Å². The van der Waals surface area contributed by atoms with Gasteiger partial charge in [-0.25, -0.2) is 4.98 Å². The molecule has 0 saturated carbocycles. The molecule has 6 heteroatoms. The summed E-state index contributed by atoms with van der Waals surface area (Å²) < 4.78 is 1.10. The number of thioether (sulfide) groups is 1. The molecular formula is C14H17N3OS2. The lowest BCUT2D eigenvalue weighted by atomic mass is 10.1. The summed E-state index contributed by atoms with van der Waals surface area (Å²) in [5, 5.41) is 0.542. The summed E-state index contributed by atoms with van der Waals surface area (Å²) in [5.41, 5.74) is 7.29. The van der Waals surface area contributed by atoms with Crippen LogP contribution in [0.15, 0.2) is 18.2 Å². The standard InChI is InChI=1S/C14H17N3OS2/c1-14(2)8-17(5-6-19-14)12(18)9-3-4-10-11(7-9)20-13(15)16-10/h3-4,7H,5-6,8H2,1-2H3,(H2,15,16). The van der Waals surface area contributed by atoms with Gasteiger partial charge in [-0.2, -0.15) is 11.8 Å². The van der Waals surface area contributed by atoms with Crippen molar-refractivity contribution >= 4 is 44.4 Å². The van der Waals surface area contributed by atoms with Crippen LogP contribution in [-0.4, -0.2) is 39.4 Å². The van der Waals surface area contributed by atoms with Crippen LogP contribution in [0.5, 0.6) is 0 Å². The lowest BCUT2D eigenvalue weighted by molar-refractivity contribution is 0.0748. The lowest BCUT2D eigenvalue weighted by Gasteiger charge is -2.37. The smallest absolute Gasteiger partial charge is 0.253 e. The van der Waals surface area contributed by atoms with E-state index in [1.54, 1.807) is 0 Å². The van der Waals surface area contributed by atoms with Gasteiger partial charge < -0.3 is 10.6 Å². The van der Waals surface area contributed by atoms with Gasteiger partial charge in [-0.3, -0.25) is 4.79 Å². The van der Waals surface area contributed by atoms with Crippen molar-refractivity contribution in [1.29, 1.82) is 0 Å². The molecule has 2 aromatic rings. The maximum Gasteiger partial charge on any atom is 0.253 e. The van der Waals surface area contributed by atoms with Crippen molar-refractivity contribution in [1.82, 2.24) is 9.88 Å². The molecule has 3 rings (SSSR count). The van der Waals surface area contributed by atoms with E-state index in [9.17, 15) is 4.79 Å². The van der Waals surface area contributed by atoms with E-state index >= 15 is 0 Å². The predicted octanol–water partition coefficient (Wildman–Crippen LogP) is 2.85. The molecule has 4 nitrogen and oxygen atoms in total. The second-order valence-electron chi connectivity index (χ2n) is 5.57. The number of rotatable bonds is 1. The molecule has 1 aliphatic rings. The van der Waals surface area contributed by atoms with Crippen LogP contribution >= 0.6 is 23.1 Å². The Hall–Kier alpha value is -1.27. The highest BCUT2D eigenvalue weighted by Crippen LogP contribution is 2.31. The van der Waals surface area contributed by atoms with E-state index < -0.39 is 0 Å². The van der Waals surface area contributed by atoms with Crippen molar-refractivity contribution < 1.29 is 4.79 Å². The maximum absolute atomic E-state index is 12.6. The highest BCUT2D eigenvalue weighted by atomic mass is 32.2. The first kappa shape index (κ1) is 13.7. The SMILES string of the molecule is CC1(C)CN(C(=O)c2ccc3nc(N)sc3c2)CCS1. The van der Waals surface area contributed by atoms with Gasteiger partial charge in [0.25, 0.3) is 5.91 Å². The molecule has 2 N–H and O–H groups in total. The molecule has 1 aromatic heterocycles. The number of nitrogens with two attached hydrogens (primary N) is 1. The second kappa shape index (κ2) is 4.93. The number of carbonyl (C=O) groups is 1. The Morgan fingerprint density at radius 2 is 2.25 bits per heavy atom. The van der Waals surface area contributed by atoms with Crippen molar-refractivity contribution in [2.75, 3.05) is 24.6 Å². The number of nitrogens with zero attached hydrogens (tertiary/aromatic N) is 2. The van der Waals surface area contributed by atoms with Crippen molar-refractivity contribution in [3.05, 3.63) is 23.8 Å². The normalized spacial score (nSPS) is 18.4. The Kier molecular flexibility index (Phi) is 3.38. The molecule has 0 radical (unpaired) electrons. The van der Waals surface area contributed by atoms with E-state index in [0.29, 0.717) is 5.13 Å². The molecule has 20 heavy (non-hydrogen) atoms. The molecular weight excluding hydrogens is 290 g/mol. The zero-order chi connectivity index (χ0) is 14.3. The Bertz CT molecular complexity index is 665. The third-order valence-corrected chi connectivity index (χ3v) is 5.51. The van der Waals surface area contributed by atoms with Gasteiger partial charge in [-0.05, 0) is 32.0 Å². The van der Waals surface area contributed by atoms with Gasteiger partial charge in [0.15, 0.2) is 5.13 Å². The lowest BCUT2D eigenvalue weighted by Crippen LogP contribution is -2.46. The van der Waals surface area contributed by atoms with Crippen LogP contribution in [0.2, 0.25) is 0 Å². The fourth-order valence-corrected chi connectivity index (χ4v) is 4.33. The van der Waals surface area contributed by atoms with Gasteiger partial charge in [0.05, 0.1) is 10.2 Å². The van der Waals surface area contributed by atoms with Crippen LogP contribution in [0.1, 0.15) is 24.2 Å². The highest BCUT2D eigenvalue weighted by molar-refractivity contribution is 8.00. The third kappa shape index (κ3) is 2.62. The van der Waals surface area contributed by atoms with E-state index in [4.69, 9.17) is 5.73 Å². The van der Waals surface area contributed by atoms with E-state index in [1.165, 1.54) is 11.3 Å². The van der Waals surface area contributed by atoms with E-state index in [1.807, 2.05) is 34.9 Å². The molecule has 1 fully saturated rings. The molecule has 1 aromatic carbocycles. The number of carbonyl (C=O) groups excluding carboxylic acids is 1. The zero-order valence-corrected chi connectivity index (χ0v) is 13.2. The first-order valence-corrected chi connectivity index (χ1v) is 8.34. The quantitative estimate of drug-likeness (QED) is 0.880. The topological polar surface area (TPSA) is 59.2 Å². The van der Waals surface area contributed by atoms with E-state index in [2.05, 4.69) is 18.8 Å². The predicted molar refractivity (Wildman–Crippen MR) is 86.5 cm³/mol. The molecule has 1 saturated heterocycles. The van der Waals surface area contributed by atoms with Gasteiger partial charge in [0, 0.05) is 29.2 Å². The van der Waals surface area contributed by atoms with Crippen LogP contribution in [-0.2, 0) is 0 Å². The Balaban J connectivity index is 1.88. The van der Waals surface area contributed by atoms with Crippen molar-refractivity contribution in [3.63, 3.8) is 0 Å². The van der Waals surface area contributed by atoms with E-state index in [-0.39, 0.29) is 10.7 Å². The number of amides is 1. The number of hydrogen-bond acceptors (Lipinski definition) is 5. The monoisotopic (exact) mass is 307 g/mol. The minimum Gasteiger partial charge on any atom is -0.375 e. The number of nitrogen functional groups attached to an aromatic ring is 1. The molecule has 0 bridgehead atoms. The van der Waals surface area contributed by atoms with Crippen molar-refractivity contribution in [2.45, 2.75) is 18.6 Å². The van der Waals surface area contributed by atoms with Crippen LogP contribution < -0.4 is 5.73 Å². The first-order valence-electron chi connectivity index (χ1n) is 6.54. The summed E-state index contributed by atoms with van der Waals surface area (Å²) in [6.07, 6.45) is 0. The molecule has 1 aliphatic heterocycles. The Labute approximate surface area is 126 Å². The average molecular weight is 307 g/mol. The second-order valence-corrected chi connectivity index (χ2v) is 8.43. The highest BCUT2D eigenvalue weighted by Gasteiger charge is 2.30. The van der Waals surface area contributed by atoms with Crippen molar-refractivity contribution in [2.24, 2.45) is 0 Å². The first-order chi connectivity index (χ1) is 9.44. The molecule has 1 amide bonds. The molecule has 106 valence electrons. The largest absolute Gasteiger partial charge is 0.375 e. The molecule has 0 atom stereocenters. The molecule has 0 aliphatic carbocycles. The van der Waals surface area contributed by atoms with Gasteiger partial charge in [0.2, 0.25) is 0 Å². The van der Waals surface area contributed by atoms with Crippen LogP contribution in [0.25, 0.3) is 10.2 Å². The Morgan fingerprint density at radius 1 is 1.45 bits per heavy atom. The van der Waals surface area contributed by atoms with Gasteiger partial charge >= 0.3 is 0 Å². The minimum atomic E-state index is 0.104. The number of benzene rings is 1. The molecule has 0 spiro atoms. The van der Waals surface area contributed by atoms with Gasteiger partial charge in [0.1, 0.15) is 0 Å². The summed E-state index contributed by atoms with van der Waals surface area (Å²) in [6, 6.07) is 5.62. The fraction of sp³-hybridized carbons (Fsp3) is 0.429.